The molecule has 0 saturated heterocycles. The molecule has 2 N–H and O–H groups in total. The molecule has 21 heavy (non-hydrogen) atoms. The molecule has 0 bridgehead atoms. The summed E-state index contributed by atoms with van der Waals surface area (Å²) in [5, 5.41) is 7.04. The van der Waals surface area contributed by atoms with E-state index in [9.17, 15) is 8.78 Å². The molecule has 1 aliphatic carbocycles. The molecule has 1 fully saturated rings. The number of alkyl halides is 2. The number of benzene rings is 1. The molecule has 116 valence electrons. The second-order valence-electron chi connectivity index (χ2n) is 5.46. The second-order valence-corrected chi connectivity index (χ2v) is 6.93. The van der Waals surface area contributed by atoms with Gasteiger partial charge in [-0.2, -0.15) is 8.78 Å². The number of nitrogens with one attached hydrogen (secondary N) is 2. The van der Waals surface area contributed by atoms with Gasteiger partial charge in [0.05, 0.1) is 0 Å². The maximum Gasteiger partial charge on any atom is 0.288 e. The summed E-state index contributed by atoms with van der Waals surface area (Å²) in [4.78, 5) is 0.552. The molecule has 2 nitrogen and oxygen atoms in total. The van der Waals surface area contributed by atoms with E-state index in [1.807, 2.05) is 0 Å². The van der Waals surface area contributed by atoms with Gasteiger partial charge in [-0.3, -0.25) is 0 Å². The smallest absolute Gasteiger partial charge is 0.288 e. The van der Waals surface area contributed by atoms with E-state index in [1.54, 1.807) is 24.3 Å². The van der Waals surface area contributed by atoms with Gasteiger partial charge < -0.3 is 10.6 Å². The van der Waals surface area contributed by atoms with E-state index < -0.39 is 5.76 Å². The molecule has 0 atom stereocenters. The predicted molar refractivity (Wildman–Crippen MR) is 89.1 cm³/mol. The first-order chi connectivity index (χ1) is 10.0. The Morgan fingerprint density at radius 1 is 1.19 bits per heavy atom. The van der Waals surface area contributed by atoms with Crippen LogP contribution in [0.5, 0.6) is 0 Å². The van der Waals surface area contributed by atoms with Crippen molar-refractivity contribution in [1.29, 1.82) is 0 Å². The Hall–Kier alpha value is -0.880. The summed E-state index contributed by atoms with van der Waals surface area (Å²) in [5.74, 6) is -1.58. The molecule has 1 aromatic carbocycles. The first kappa shape index (κ1) is 16.5. The zero-order valence-corrected chi connectivity index (χ0v) is 13.6. The van der Waals surface area contributed by atoms with Crippen molar-refractivity contribution < 1.29 is 8.78 Å². The van der Waals surface area contributed by atoms with Crippen molar-refractivity contribution in [1.82, 2.24) is 5.32 Å². The van der Waals surface area contributed by atoms with Crippen LogP contribution in [0.1, 0.15) is 32.6 Å². The summed E-state index contributed by atoms with van der Waals surface area (Å²) < 4.78 is 24.5. The first-order valence-corrected chi connectivity index (χ1v) is 8.44. The van der Waals surface area contributed by atoms with Gasteiger partial charge in [0.25, 0.3) is 5.76 Å². The van der Waals surface area contributed by atoms with Crippen LogP contribution in [-0.4, -0.2) is 16.9 Å². The van der Waals surface area contributed by atoms with E-state index >= 15 is 0 Å². The molecule has 0 aliphatic heterocycles. The van der Waals surface area contributed by atoms with Gasteiger partial charge in [0.2, 0.25) is 0 Å². The van der Waals surface area contributed by atoms with E-state index in [-0.39, 0.29) is 0 Å². The number of rotatable bonds is 4. The summed E-state index contributed by atoms with van der Waals surface area (Å²) in [6, 6.07) is 7.31. The van der Waals surface area contributed by atoms with Crippen LogP contribution in [-0.2, 0) is 0 Å². The Labute approximate surface area is 134 Å². The second kappa shape index (κ2) is 7.94. The molecule has 2 rings (SSSR count). The first-order valence-electron chi connectivity index (χ1n) is 7.15. The molecule has 0 amide bonds. The molecule has 0 radical (unpaired) electrons. The van der Waals surface area contributed by atoms with Crippen molar-refractivity contribution in [3.8, 4) is 0 Å². The minimum absolute atomic E-state index is 0.440. The maximum atomic E-state index is 12.2. The van der Waals surface area contributed by atoms with Crippen molar-refractivity contribution in [2.45, 2.75) is 49.3 Å². The van der Waals surface area contributed by atoms with Crippen LogP contribution in [0.3, 0.4) is 0 Å². The van der Waals surface area contributed by atoms with Crippen LogP contribution < -0.4 is 10.6 Å². The van der Waals surface area contributed by atoms with Crippen molar-refractivity contribution in [3.05, 3.63) is 24.3 Å². The number of anilines is 1. The van der Waals surface area contributed by atoms with Crippen LogP contribution in [0.2, 0.25) is 0 Å². The lowest BCUT2D eigenvalue weighted by atomic mass is 9.87. The van der Waals surface area contributed by atoms with Crippen molar-refractivity contribution >= 4 is 34.8 Å². The van der Waals surface area contributed by atoms with Gasteiger partial charge in [-0.15, -0.1) is 0 Å². The quantitative estimate of drug-likeness (QED) is 0.608. The zero-order valence-electron chi connectivity index (χ0n) is 11.9. The lowest BCUT2D eigenvalue weighted by molar-refractivity contribution is 0.252. The minimum Gasteiger partial charge on any atom is -0.360 e. The third-order valence-electron chi connectivity index (χ3n) is 3.69. The van der Waals surface area contributed by atoms with Gasteiger partial charge in [-0.25, -0.2) is 0 Å². The van der Waals surface area contributed by atoms with E-state index in [4.69, 9.17) is 12.2 Å². The highest BCUT2D eigenvalue weighted by molar-refractivity contribution is 7.99. The van der Waals surface area contributed by atoms with Gasteiger partial charge in [0.1, 0.15) is 0 Å². The Bertz CT molecular complexity index is 457. The Kier molecular flexibility index (Phi) is 6.23. The summed E-state index contributed by atoms with van der Waals surface area (Å²) in [5.41, 5.74) is 0.815. The molecule has 0 aromatic heterocycles. The third kappa shape index (κ3) is 5.79. The fourth-order valence-corrected chi connectivity index (χ4v) is 3.26. The van der Waals surface area contributed by atoms with E-state index in [0.717, 1.165) is 24.4 Å². The standard InChI is InChI=1S/C15H20F2N2S2/c1-10-2-4-11(5-3-10)18-15(20)19-12-6-8-13(9-7-12)21-14(16)17/h6-11,14H,2-5H2,1H3,(H2,18,19,20). The normalized spacial score (nSPS) is 22.1. The van der Waals surface area contributed by atoms with Crippen LogP contribution >= 0.6 is 24.0 Å². The van der Waals surface area contributed by atoms with Crippen molar-refractivity contribution in [2.24, 2.45) is 5.92 Å². The van der Waals surface area contributed by atoms with Gasteiger partial charge >= 0.3 is 0 Å². The van der Waals surface area contributed by atoms with Crippen LogP contribution in [0.15, 0.2) is 29.2 Å². The number of thioether (sulfide) groups is 1. The van der Waals surface area contributed by atoms with Crippen LogP contribution in [0, 0.1) is 5.92 Å². The molecular formula is C15H20F2N2S2. The molecule has 0 spiro atoms. The molecule has 1 aliphatic rings. The summed E-state index contributed by atoms with van der Waals surface area (Å²) in [6.07, 6.45) is 4.76. The fraction of sp³-hybridized carbons (Fsp3) is 0.533. The highest BCUT2D eigenvalue weighted by Gasteiger charge is 2.18. The number of halogens is 2. The van der Waals surface area contributed by atoms with Crippen molar-refractivity contribution in [2.75, 3.05) is 5.32 Å². The molecule has 1 saturated carbocycles. The molecule has 6 heteroatoms. The van der Waals surface area contributed by atoms with E-state index in [2.05, 4.69) is 17.6 Å². The Morgan fingerprint density at radius 2 is 1.81 bits per heavy atom. The van der Waals surface area contributed by atoms with Gasteiger partial charge in [-0.1, -0.05) is 18.7 Å². The maximum absolute atomic E-state index is 12.2. The fourth-order valence-electron chi connectivity index (χ4n) is 2.48. The monoisotopic (exact) mass is 330 g/mol. The number of thiocarbonyl (C=S) groups is 1. The summed E-state index contributed by atoms with van der Waals surface area (Å²) in [6.45, 7) is 2.28. The topological polar surface area (TPSA) is 24.1 Å². The van der Waals surface area contributed by atoms with Gasteiger partial charge in [-0.05, 0) is 68.1 Å². The molecule has 1 aromatic rings. The van der Waals surface area contributed by atoms with E-state index in [1.165, 1.54) is 12.8 Å². The molecule has 0 unspecified atom stereocenters. The highest BCUT2D eigenvalue weighted by Crippen LogP contribution is 2.26. The molecular weight excluding hydrogens is 310 g/mol. The Balaban J connectivity index is 1.79. The van der Waals surface area contributed by atoms with Gasteiger partial charge in [0.15, 0.2) is 5.11 Å². The van der Waals surface area contributed by atoms with Crippen LogP contribution in [0.4, 0.5) is 14.5 Å². The average molecular weight is 330 g/mol. The molecule has 0 heterocycles. The van der Waals surface area contributed by atoms with E-state index in [0.29, 0.717) is 27.8 Å². The Morgan fingerprint density at radius 3 is 2.38 bits per heavy atom. The number of hydrogen-bond acceptors (Lipinski definition) is 2. The SMILES string of the molecule is CC1CCC(NC(=S)Nc2ccc(SC(F)F)cc2)CC1. The number of hydrogen-bond donors (Lipinski definition) is 2. The summed E-state index contributed by atoms with van der Waals surface area (Å²) in [7, 11) is 0. The lowest BCUT2D eigenvalue weighted by Crippen LogP contribution is -2.39. The largest absolute Gasteiger partial charge is 0.360 e. The predicted octanol–water partition coefficient (Wildman–Crippen LogP) is 4.87. The zero-order chi connectivity index (χ0) is 15.2. The van der Waals surface area contributed by atoms with Crippen LogP contribution in [0.25, 0.3) is 0 Å². The third-order valence-corrected chi connectivity index (χ3v) is 4.63. The average Bonchev–Trinajstić information content (AvgIpc) is 2.43. The lowest BCUT2D eigenvalue weighted by Gasteiger charge is -2.28. The summed E-state index contributed by atoms with van der Waals surface area (Å²) >= 11 is 5.85. The minimum atomic E-state index is -2.39. The highest BCUT2D eigenvalue weighted by atomic mass is 32.2. The van der Waals surface area contributed by atoms with Gasteiger partial charge in [0, 0.05) is 16.6 Å². The van der Waals surface area contributed by atoms with Crippen molar-refractivity contribution in [3.63, 3.8) is 0 Å².